The van der Waals surface area contributed by atoms with Crippen LogP contribution in [-0.2, 0) is 0 Å². The van der Waals surface area contributed by atoms with E-state index < -0.39 is 0 Å². The standard InChI is InChI=1S/C11H19NS/c1-5-12-10(4)9(3)11-8(2)6-7-13-11/h6-7,9-10,12H,5H2,1-4H3. The molecule has 0 amide bonds. The van der Waals surface area contributed by atoms with Gasteiger partial charge < -0.3 is 5.32 Å². The molecule has 0 aliphatic carbocycles. The minimum absolute atomic E-state index is 0.572. The van der Waals surface area contributed by atoms with Crippen molar-refractivity contribution < 1.29 is 0 Å². The molecule has 1 nitrogen and oxygen atoms in total. The summed E-state index contributed by atoms with van der Waals surface area (Å²) in [6, 6.07) is 2.78. The number of aryl methyl sites for hydroxylation is 1. The maximum absolute atomic E-state index is 3.47. The van der Waals surface area contributed by atoms with Crippen molar-refractivity contribution in [2.24, 2.45) is 0 Å². The van der Waals surface area contributed by atoms with Crippen molar-refractivity contribution in [3.05, 3.63) is 21.9 Å². The van der Waals surface area contributed by atoms with E-state index in [2.05, 4.69) is 44.5 Å². The normalized spacial score (nSPS) is 15.7. The van der Waals surface area contributed by atoms with Crippen LogP contribution in [-0.4, -0.2) is 12.6 Å². The molecule has 0 fully saturated rings. The van der Waals surface area contributed by atoms with E-state index in [9.17, 15) is 0 Å². The molecule has 0 radical (unpaired) electrons. The van der Waals surface area contributed by atoms with Crippen LogP contribution in [0.15, 0.2) is 11.4 Å². The van der Waals surface area contributed by atoms with E-state index in [0.717, 1.165) is 6.54 Å². The predicted octanol–water partition coefficient (Wildman–Crippen LogP) is 3.16. The van der Waals surface area contributed by atoms with Crippen molar-refractivity contribution >= 4 is 11.3 Å². The van der Waals surface area contributed by atoms with Gasteiger partial charge in [-0.1, -0.05) is 13.8 Å². The molecule has 0 aliphatic rings. The predicted molar refractivity (Wildman–Crippen MR) is 60.6 cm³/mol. The molecule has 2 unspecified atom stereocenters. The number of hydrogen-bond donors (Lipinski definition) is 1. The lowest BCUT2D eigenvalue weighted by molar-refractivity contribution is 0.498. The maximum atomic E-state index is 3.47. The van der Waals surface area contributed by atoms with Crippen LogP contribution in [0.3, 0.4) is 0 Å². The first-order chi connectivity index (χ1) is 6.16. The number of hydrogen-bond acceptors (Lipinski definition) is 2. The largest absolute Gasteiger partial charge is 0.314 e. The molecule has 1 heterocycles. The van der Waals surface area contributed by atoms with Crippen molar-refractivity contribution in [1.29, 1.82) is 0 Å². The van der Waals surface area contributed by atoms with E-state index in [0.29, 0.717) is 12.0 Å². The van der Waals surface area contributed by atoms with E-state index in [1.165, 1.54) is 10.4 Å². The molecular formula is C11H19NS. The molecule has 0 spiro atoms. The molecule has 0 bridgehead atoms. The quantitative estimate of drug-likeness (QED) is 0.782. The van der Waals surface area contributed by atoms with Crippen LogP contribution in [0.4, 0.5) is 0 Å². The Labute approximate surface area is 85.2 Å². The molecule has 0 aromatic carbocycles. The van der Waals surface area contributed by atoms with Crippen molar-refractivity contribution in [3.8, 4) is 0 Å². The van der Waals surface area contributed by atoms with Crippen LogP contribution in [0.5, 0.6) is 0 Å². The highest BCUT2D eigenvalue weighted by molar-refractivity contribution is 7.10. The molecule has 0 saturated heterocycles. The summed E-state index contributed by atoms with van der Waals surface area (Å²) in [5.74, 6) is 0.625. The Hall–Kier alpha value is -0.340. The Bertz CT molecular complexity index is 254. The van der Waals surface area contributed by atoms with E-state index in [4.69, 9.17) is 0 Å². The Morgan fingerprint density at radius 1 is 1.46 bits per heavy atom. The first-order valence-corrected chi connectivity index (χ1v) is 5.82. The molecule has 1 aromatic heterocycles. The fourth-order valence-electron chi connectivity index (χ4n) is 1.58. The average molecular weight is 197 g/mol. The zero-order valence-electron chi connectivity index (χ0n) is 8.92. The monoisotopic (exact) mass is 197 g/mol. The van der Waals surface area contributed by atoms with Crippen molar-refractivity contribution in [2.75, 3.05) is 6.54 Å². The topological polar surface area (TPSA) is 12.0 Å². The smallest absolute Gasteiger partial charge is 0.0118 e. The Kier molecular flexibility index (Phi) is 3.94. The van der Waals surface area contributed by atoms with E-state index in [1.54, 1.807) is 0 Å². The highest BCUT2D eigenvalue weighted by Gasteiger charge is 2.15. The number of likely N-dealkylation sites (N-methyl/N-ethyl adjacent to an activating group) is 1. The van der Waals surface area contributed by atoms with Crippen molar-refractivity contribution in [2.45, 2.75) is 39.7 Å². The molecule has 1 N–H and O–H groups in total. The summed E-state index contributed by atoms with van der Waals surface area (Å²) in [5, 5.41) is 5.65. The third-order valence-electron chi connectivity index (χ3n) is 2.59. The fourth-order valence-corrected chi connectivity index (χ4v) is 2.67. The number of nitrogens with one attached hydrogen (secondary N) is 1. The zero-order chi connectivity index (χ0) is 9.84. The summed E-state index contributed by atoms with van der Waals surface area (Å²) in [5.41, 5.74) is 1.43. The first-order valence-electron chi connectivity index (χ1n) is 4.94. The highest BCUT2D eigenvalue weighted by Crippen LogP contribution is 2.27. The molecule has 13 heavy (non-hydrogen) atoms. The molecule has 1 aromatic rings. The maximum Gasteiger partial charge on any atom is 0.0118 e. The summed E-state index contributed by atoms with van der Waals surface area (Å²) in [7, 11) is 0. The second kappa shape index (κ2) is 4.77. The van der Waals surface area contributed by atoms with Gasteiger partial charge in [-0.25, -0.2) is 0 Å². The summed E-state index contributed by atoms with van der Waals surface area (Å²) >= 11 is 1.87. The molecule has 2 atom stereocenters. The molecular weight excluding hydrogens is 178 g/mol. The first kappa shape index (κ1) is 10.7. The minimum atomic E-state index is 0.572. The molecule has 0 aliphatic heterocycles. The second-order valence-corrected chi connectivity index (χ2v) is 4.55. The summed E-state index contributed by atoms with van der Waals surface area (Å²) < 4.78 is 0. The van der Waals surface area contributed by atoms with Crippen LogP contribution in [0, 0.1) is 6.92 Å². The van der Waals surface area contributed by atoms with Crippen LogP contribution < -0.4 is 5.32 Å². The van der Waals surface area contributed by atoms with Gasteiger partial charge in [0.25, 0.3) is 0 Å². The summed E-state index contributed by atoms with van der Waals surface area (Å²) in [4.78, 5) is 1.52. The fraction of sp³-hybridized carbons (Fsp3) is 0.636. The Morgan fingerprint density at radius 3 is 2.62 bits per heavy atom. The van der Waals surface area contributed by atoms with Gasteiger partial charge in [-0.2, -0.15) is 0 Å². The van der Waals surface area contributed by atoms with Gasteiger partial charge in [0.05, 0.1) is 0 Å². The number of thiophene rings is 1. The summed E-state index contributed by atoms with van der Waals surface area (Å²) in [6.45, 7) is 9.96. The van der Waals surface area contributed by atoms with Crippen LogP contribution in [0.1, 0.15) is 37.1 Å². The molecule has 2 heteroatoms. The van der Waals surface area contributed by atoms with Gasteiger partial charge in [0, 0.05) is 16.8 Å². The van der Waals surface area contributed by atoms with Crippen LogP contribution in [0.25, 0.3) is 0 Å². The van der Waals surface area contributed by atoms with Gasteiger partial charge in [-0.3, -0.25) is 0 Å². The van der Waals surface area contributed by atoms with Gasteiger partial charge in [0.2, 0.25) is 0 Å². The minimum Gasteiger partial charge on any atom is -0.314 e. The third kappa shape index (κ3) is 2.55. The average Bonchev–Trinajstić information content (AvgIpc) is 2.50. The highest BCUT2D eigenvalue weighted by atomic mass is 32.1. The van der Waals surface area contributed by atoms with Crippen LogP contribution >= 0.6 is 11.3 Å². The van der Waals surface area contributed by atoms with E-state index in [1.807, 2.05) is 11.3 Å². The molecule has 74 valence electrons. The second-order valence-electron chi connectivity index (χ2n) is 3.60. The van der Waals surface area contributed by atoms with Crippen molar-refractivity contribution in [1.82, 2.24) is 5.32 Å². The van der Waals surface area contributed by atoms with Gasteiger partial charge in [-0.05, 0) is 37.4 Å². The van der Waals surface area contributed by atoms with Gasteiger partial charge in [-0.15, -0.1) is 11.3 Å². The summed E-state index contributed by atoms with van der Waals surface area (Å²) in [6.07, 6.45) is 0. The lowest BCUT2D eigenvalue weighted by atomic mass is 9.99. The zero-order valence-corrected chi connectivity index (χ0v) is 9.74. The SMILES string of the molecule is CCNC(C)C(C)c1sccc1C. The van der Waals surface area contributed by atoms with E-state index >= 15 is 0 Å². The van der Waals surface area contributed by atoms with Gasteiger partial charge in [0.1, 0.15) is 0 Å². The Balaban J connectivity index is 2.67. The van der Waals surface area contributed by atoms with Gasteiger partial charge in [0.15, 0.2) is 0 Å². The lowest BCUT2D eigenvalue weighted by Crippen LogP contribution is -2.30. The van der Waals surface area contributed by atoms with Crippen molar-refractivity contribution in [3.63, 3.8) is 0 Å². The molecule has 0 saturated carbocycles. The van der Waals surface area contributed by atoms with E-state index in [-0.39, 0.29) is 0 Å². The molecule has 1 rings (SSSR count). The van der Waals surface area contributed by atoms with Gasteiger partial charge >= 0.3 is 0 Å². The lowest BCUT2D eigenvalue weighted by Gasteiger charge is -2.20. The number of rotatable bonds is 4. The third-order valence-corrected chi connectivity index (χ3v) is 3.81. The Morgan fingerprint density at radius 2 is 2.15 bits per heavy atom. The van der Waals surface area contributed by atoms with Crippen LogP contribution in [0.2, 0.25) is 0 Å².